The molecule has 0 atom stereocenters. The van der Waals surface area contributed by atoms with Crippen LogP contribution in [0.2, 0.25) is 0 Å². The van der Waals surface area contributed by atoms with E-state index in [0.717, 1.165) is 12.2 Å². The van der Waals surface area contributed by atoms with Crippen molar-refractivity contribution in [2.45, 2.75) is 6.42 Å². The van der Waals surface area contributed by atoms with E-state index in [1.165, 1.54) is 22.3 Å². The van der Waals surface area contributed by atoms with E-state index in [-0.39, 0.29) is 6.61 Å². The fourth-order valence-electron chi connectivity index (χ4n) is 2.43. The lowest BCUT2D eigenvalue weighted by Gasteiger charge is -2.10. The van der Waals surface area contributed by atoms with Crippen molar-refractivity contribution in [3.8, 4) is 16.9 Å². The molecular weight excluding hydrogens is 212 g/mol. The maximum Gasteiger partial charge on any atom is 0.127 e. The minimum absolute atomic E-state index is 0.0469. The van der Waals surface area contributed by atoms with Crippen LogP contribution in [0.15, 0.2) is 42.5 Å². The van der Waals surface area contributed by atoms with Crippen LogP contribution >= 0.6 is 0 Å². The number of hydrogen-bond donors (Lipinski definition) is 1. The summed E-state index contributed by atoms with van der Waals surface area (Å²) in [5.74, 6) is 0.876. The molecule has 1 N–H and O–H groups in total. The van der Waals surface area contributed by atoms with Gasteiger partial charge in [0.15, 0.2) is 0 Å². The highest BCUT2D eigenvalue weighted by molar-refractivity contribution is 5.81. The van der Waals surface area contributed by atoms with Crippen LogP contribution in [-0.2, 0) is 6.42 Å². The molecule has 1 aliphatic carbocycles. The summed E-state index contributed by atoms with van der Waals surface area (Å²) in [6.07, 6.45) is 0.974. The molecule has 0 fully saturated rings. The molecule has 0 aliphatic heterocycles. The van der Waals surface area contributed by atoms with Crippen molar-refractivity contribution in [1.29, 1.82) is 0 Å². The summed E-state index contributed by atoms with van der Waals surface area (Å²) in [6, 6.07) is 14.5. The van der Waals surface area contributed by atoms with Gasteiger partial charge in [0, 0.05) is 5.56 Å². The van der Waals surface area contributed by atoms with Gasteiger partial charge in [-0.2, -0.15) is 0 Å². The van der Waals surface area contributed by atoms with Gasteiger partial charge in [-0.25, -0.2) is 0 Å². The Kier molecular flexibility index (Phi) is 2.57. The summed E-state index contributed by atoms with van der Waals surface area (Å²) >= 11 is 0. The maximum atomic E-state index is 8.85. The van der Waals surface area contributed by atoms with Crippen molar-refractivity contribution in [3.63, 3.8) is 0 Å². The Hall–Kier alpha value is -1.80. The molecule has 0 bridgehead atoms. The van der Waals surface area contributed by atoms with Gasteiger partial charge in [-0.05, 0) is 29.2 Å². The van der Waals surface area contributed by atoms with E-state index >= 15 is 0 Å². The average Bonchev–Trinajstić information content (AvgIpc) is 2.75. The Balaban J connectivity index is 2.09. The lowest BCUT2D eigenvalue weighted by atomic mass is 10.1. The molecule has 17 heavy (non-hydrogen) atoms. The first-order chi connectivity index (χ1) is 8.40. The number of aliphatic hydroxyl groups excluding tert-OH is 1. The summed E-state index contributed by atoms with van der Waals surface area (Å²) in [4.78, 5) is 0. The molecule has 0 aromatic heterocycles. The maximum absolute atomic E-state index is 8.85. The molecule has 2 heteroatoms. The van der Waals surface area contributed by atoms with E-state index in [1.54, 1.807) is 0 Å². The highest BCUT2D eigenvalue weighted by Gasteiger charge is 2.21. The zero-order valence-corrected chi connectivity index (χ0v) is 9.52. The van der Waals surface area contributed by atoms with Gasteiger partial charge >= 0.3 is 0 Å². The van der Waals surface area contributed by atoms with E-state index < -0.39 is 0 Å². The predicted molar refractivity (Wildman–Crippen MR) is 67.3 cm³/mol. The molecular formula is C15H14O2. The summed E-state index contributed by atoms with van der Waals surface area (Å²) < 4.78 is 5.60. The Morgan fingerprint density at radius 1 is 1.00 bits per heavy atom. The smallest absolute Gasteiger partial charge is 0.127 e. The van der Waals surface area contributed by atoms with Crippen molar-refractivity contribution in [2.24, 2.45) is 0 Å². The van der Waals surface area contributed by atoms with Crippen LogP contribution in [0.25, 0.3) is 11.1 Å². The predicted octanol–water partition coefficient (Wildman–Crippen LogP) is 2.63. The summed E-state index contributed by atoms with van der Waals surface area (Å²) in [7, 11) is 0. The number of hydrogen-bond acceptors (Lipinski definition) is 2. The van der Waals surface area contributed by atoms with Gasteiger partial charge in [0.05, 0.1) is 6.61 Å². The summed E-state index contributed by atoms with van der Waals surface area (Å²) in [5, 5.41) is 8.85. The highest BCUT2D eigenvalue weighted by Crippen LogP contribution is 2.42. The van der Waals surface area contributed by atoms with Crippen molar-refractivity contribution in [3.05, 3.63) is 53.6 Å². The Morgan fingerprint density at radius 2 is 1.82 bits per heavy atom. The number of benzene rings is 2. The standard InChI is InChI=1S/C15H14O2/c16-8-9-17-14-7-3-5-12-10-11-4-1-2-6-13(11)15(12)14/h1-7,16H,8-10H2. The largest absolute Gasteiger partial charge is 0.491 e. The van der Waals surface area contributed by atoms with E-state index in [1.807, 2.05) is 12.1 Å². The van der Waals surface area contributed by atoms with Gasteiger partial charge in [-0.15, -0.1) is 0 Å². The van der Waals surface area contributed by atoms with Gasteiger partial charge in [0.25, 0.3) is 0 Å². The number of ether oxygens (including phenoxy) is 1. The van der Waals surface area contributed by atoms with Crippen molar-refractivity contribution < 1.29 is 9.84 Å². The average molecular weight is 226 g/mol. The molecule has 0 saturated carbocycles. The third-order valence-electron chi connectivity index (χ3n) is 3.13. The van der Waals surface area contributed by atoms with Crippen LogP contribution < -0.4 is 4.74 Å². The molecule has 0 heterocycles. The Labute approximate surface area is 100 Å². The zero-order chi connectivity index (χ0) is 11.7. The minimum atomic E-state index is 0.0469. The van der Waals surface area contributed by atoms with Crippen LogP contribution in [0.1, 0.15) is 11.1 Å². The molecule has 2 aromatic carbocycles. The van der Waals surface area contributed by atoms with E-state index in [2.05, 4.69) is 30.3 Å². The highest BCUT2D eigenvalue weighted by atomic mass is 16.5. The van der Waals surface area contributed by atoms with E-state index in [4.69, 9.17) is 9.84 Å². The Morgan fingerprint density at radius 3 is 2.71 bits per heavy atom. The Bertz CT molecular complexity index is 546. The van der Waals surface area contributed by atoms with Gasteiger partial charge in [-0.1, -0.05) is 36.4 Å². The second kappa shape index (κ2) is 4.22. The van der Waals surface area contributed by atoms with E-state index in [0.29, 0.717) is 6.61 Å². The van der Waals surface area contributed by atoms with Crippen LogP contribution in [0.5, 0.6) is 5.75 Å². The topological polar surface area (TPSA) is 29.5 Å². The van der Waals surface area contributed by atoms with Gasteiger partial charge in [0.1, 0.15) is 12.4 Å². The fourth-order valence-corrected chi connectivity index (χ4v) is 2.43. The van der Waals surface area contributed by atoms with Crippen molar-refractivity contribution in [2.75, 3.05) is 13.2 Å². The normalized spacial score (nSPS) is 12.1. The molecule has 2 nitrogen and oxygen atoms in total. The monoisotopic (exact) mass is 226 g/mol. The molecule has 0 amide bonds. The lowest BCUT2D eigenvalue weighted by molar-refractivity contribution is 0.202. The molecule has 3 rings (SSSR count). The number of aliphatic hydroxyl groups is 1. The summed E-state index contributed by atoms with van der Waals surface area (Å²) in [5.41, 5.74) is 5.11. The van der Waals surface area contributed by atoms with Gasteiger partial charge < -0.3 is 9.84 Å². The second-order valence-corrected chi connectivity index (χ2v) is 4.20. The first-order valence-electron chi connectivity index (χ1n) is 5.84. The van der Waals surface area contributed by atoms with Crippen molar-refractivity contribution >= 4 is 0 Å². The minimum Gasteiger partial charge on any atom is -0.491 e. The van der Waals surface area contributed by atoms with E-state index in [9.17, 15) is 0 Å². The molecule has 0 unspecified atom stereocenters. The molecule has 2 aromatic rings. The first kappa shape index (κ1) is 10.4. The lowest BCUT2D eigenvalue weighted by Crippen LogP contribution is -2.02. The quantitative estimate of drug-likeness (QED) is 0.744. The van der Waals surface area contributed by atoms with Crippen LogP contribution in [0.4, 0.5) is 0 Å². The second-order valence-electron chi connectivity index (χ2n) is 4.20. The SMILES string of the molecule is OCCOc1cccc2c1-c1ccccc1C2. The molecule has 86 valence electrons. The van der Waals surface area contributed by atoms with Crippen LogP contribution in [-0.4, -0.2) is 18.3 Å². The third kappa shape index (κ3) is 1.71. The number of rotatable bonds is 3. The molecule has 0 saturated heterocycles. The first-order valence-corrected chi connectivity index (χ1v) is 5.84. The van der Waals surface area contributed by atoms with Crippen molar-refractivity contribution in [1.82, 2.24) is 0 Å². The van der Waals surface area contributed by atoms with Gasteiger partial charge in [-0.3, -0.25) is 0 Å². The van der Waals surface area contributed by atoms with Gasteiger partial charge in [0.2, 0.25) is 0 Å². The van der Waals surface area contributed by atoms with Crippen LogP contribution in [0.3, 0.4) is 0 Å². The zero-order valence-electron chi connectivity index (χ0n) is 9.52. The van der Waals surface area contributed by atoms with Crippen LogP contribution in [0, 0.1) is 0 Å². The third-order valence-corrected chi connectivity index (χ3v) is 3.13. The fraction of sp³-hybridized carbons (Fsp3) is 0.200. The molecule has 1 aliphatic rings. The molecule has 0 radical (unpaired) electrons. The summed E-state index contributed by atoms with van der Waals surface area (Å²) in [6.45, 7) is 0.393. The number of fused-ring (bicyclic) bond motifs is 3. The molecule has 0 spiro atoms.